The van der Waals surface area contributed by atoms with Crippen LogP contribution in [0.15, 0.2) is 48.5 Å². The molecule has 0 bridgehead atoms. The number of anilines is 1. The zero-order chi connectivity index (χ0) is 13.7. The first-order chi connectivity index (χ1) is 9.15. The Hall–Kier alpha value is -2.43. The first-order valence-corrected chi connectivity index (χ1v) is 5.88. The minimum Gasteiger partial charge on any atom is -0.385 e. The Kier molecular flexibility index (Phi) is 4.07. The van der Waals surface area contributed by atoms with Crippen LogP contribution < -0.4 is 5.32 Å². The van der Waals surface area contributed by atoms with Crippen molar-refractivity contribution in [3.63, 3.8) is 0 Å². The molecule has 4 nitrogen and oxygen atoms in total. The lowest BCUT2D eigenvalue weighted by Gasteiger charge is -2.06. The summed E-state index contributed by atoms with van der Waals surface area (Å²) < 4.78 is 12.9. The van der Waals surface area contributed by atoms with Crippen molar-refractivity contribution in [1.82, 2.24) is 0 Å². The number of non-ortho nitro benzene ring substituents is 1. The number of nitrogens with zero attached hydrogens (tertiary/aromatic N) is 1. The Morgan fingerprint density at radius 3 is 2.53 bits per heavy atom. The molecule has 0 heterocycles. The molecule has 1 N–H and O–H groups in total. The van der Waals surface area contributed by atoms with Gasteiger partial charge in [-0.15, -0.1) is 0 Å². The Balaban J connectivity index is 1.87. The van der Waals surface area contributed by atoms with E-state index in [2.05, 4.69) is 5.32 Å². The number of nitro groups is 1. The molecule has 0 unspecified atom stereocenters. The number of benzene rings is 2. The second-order valence-corrected chi connectivity index (χ2v) is 4.11. The van der Waals surface area contributed by atoms with Crippen LogP contribution in [0.3, 0.4) is 0 Å². The third-order valence-corrected chi connectivity index (χ3v) is 2.71. The van der Waals surface area contributed by atoms with E-state index in [-0.39, 0.29) is 11.5 Å². The van der Waals surface area contributed by atoms with E-state index in [1.54, 1.807) is 24.3 Å². The Morgan fingerprint density at radius 2 is 1.89 bits per heavy atom. The molecule has 2 rings (SSSR count). The average molecular weight is 260 g/mol. The van der Waals surface area contributed by atoms with E-state index in [1.165, 1.54) is 24.3 Å². The summed E-state index contributed by atoms with van der Waals surface area (Å²) in [5, 5.41) is 13.6. The topological polar surface area (TPSA) is 55.2 Å². The zero-order valence-electron chi connectivity index (χ0n) is 10.2. The zero-order valence-corrected chi connectivity index (χ0v) is 10.2. The van der Waals surface area contributed by atoms with Crippen molar-refractivity contribution in [3.05, 3.63) is 70.0 Å². The largest absolute Gasteiger partial charge is 0.385 e. The normalized spacial score (nSPS) is 10.2. The number of halogens is 1. The Bertz CT molecular complexity index is 570. The molecular formula is C14H13FN2O2. The van der Waals surface area contributed by atoms with Gasteiger partial charge in [0.2, 0.25) is 0 Å². The minimum atomic E-state index is -0.422. The van der Waals surface area contributed by atoms with Gasteiger partial charge in [0.15, 0.2) is 0 Å². The standard InChI is InChI=1S/C14H13FN2O2/c15-12-2-1-3-13(10-12)16-9-8-11-4-6-14(7-5-11)17(18)19/h1-7,10,16H,8-9H2. The van der Waals surface area contributed by atoms with Crippen LogP contribution >= 0.6 is 0 Å². The molecule has 0 aliphatic rings. The predicted octanol–water partition coefficient (Wildman–Crippen LogP) is 3.39. The number of hydrogen-bond acceptors (Lipinski definition) is 3. The predicted molar refractivity (Wildman–Crippen MR) is 71.7 cm³/mol. The maximum atomic E-state index is 12.9. The van der Waals surface area contributed by atoms with E-state index in [9.17, 15) is 14.5 Å². The monoisotopic (exact) mass is 260 g/mol. The van der Waals surface area contributed by atoms with Gasteiger partial charge in [-0.2, -0.15) is 0 Å². The van der Waals surface area contributed by atoms with Crippen molar-refractivity contribution in [3.8, 4) is 0 Å². The van der Waals surface area contributed by atoms with Crippen LogP contribution in [0.2, 0.25) is 0 Å². The lowest BCUT2D eigenvalue weighted by atomic mass is 10.1. The first kappa shape index (κ1) is 13.0. The fourth-order valence-corrected chi connectivity index (χ4v) is 1.73. The molecule has 5 heteroatoms. The van der Waals surface area contributed by atoms with E-state index < -0.39 is 4.92 Å². The Morgan fingerprint density at radius 1 is 1.16 bits per heavy atom. The van der Waals surface area contributed by atoms with Gasteiger partial charge >= 0.3 is 0 Å². The number of rotatable bonds is 5. The second-order valence-electron chi connectivity index (χ2n) is 4.11. The van der Waals surface area contributed by atoms with Crippen molar-refractivity contribution >= 4 is 11.4 Å². The van der Waals surface area contributed by atoms with Gasteiger partial charge in [-0.25, -0.2) is 4.39 Å². The van der Waals surface area contributed by atoms with Gasteiger partial charge in [0.1, 0.15) is 5.82 Å². The molecule has 0 amide bonds. The van der Waals surface area contributed by atoms with Crippen molar-refractivity contribution in [2.45, 2.75) is 6.42 Å². The molecule has 0 saturated heterocycles. The average Bonchev–Trinajstić information content (AvgIpc) is 2.39. The summed E-state index contributed by atoms with van der Waals surface area (Å²) in [6, 6.07) is 12.7. The summed E-state index contributed by atoms with van der Waals surface area (Å²) in [6.07, 6.45) is 0.717. The summed E-state index contributed by atoms with van der Waals surface area (Å²) in [4.78, 5) is 10.1. The second kappa shape index (κ2) is 5.95. The van der Waals surface area contributed by atoms with E-state index in [0.717, 1.165) is 11.3 Å². The summed E-state index contributed by atoms with van der Waals surface area (Å²) in [5.74, 6) is -0.277. The fraction of sp³-hybridized carbons (Fsp3) is 0.143. The van der Waals surface area contributed by atoms with Gasteiger partial charge in [-0.1, -0.05) is 18.2 Å². The molecule has 0 aromatic heterocycles. The molecule has 0 radical (unpaired) electrons. The van der Waals surface area contributed by atoms with Gasteiger partial charge in [-0.3, -0.25) is 10.1 Å². The van der Waals surface area contributed by atoms with Gasteiger partial charge in [0.05, 0.1) is 4.92 Å². The van der Waals surface area contributed by atoms with Crippen LogP contribution in [0, 0.1) is 15.9 Å². The lowest BCUT2D eigenvalue weighted by molar-refractivity contribution is -0.384. The molecule has 2 aromatic rings. The number of nitrogens with one attached hydrogen (secondary N) is 1. The quantitative estimate of drug-likeness (QED) is 0.662. The van der Waals surface area contributed by atoms with Crippen molar-refractivity contribution in [1.29, 1.82) is 0 Å². The maximum absolute atomic E-state index is 12.9. The molecule has 0 spiro atoms. The summed E-state index contributed by atoms with van der Waals surface area (Å²) in [6.45, 7) is 0.640. The highest BCUT2D eigenvalue weighted by molar-refractivity contribution is 5.43. The molecule has 0 aliphatic carbocycles. The molecule has 98 valence electrons. The molecule has 19 heavy (non-hydrogen) atoms. The van der Waals surface area contributed by atoms with Crippen LogP contribution in [-0.2, 0) is 6.42 Å². The summed E-state index contributed by atoms with van der Waals surface area (Å²) >= 11 is 0. The fourth-order valence-electron chi connectivity index (χ4n) is 1.73. The SMILES string of the molecule is O=[N+]([O-])c1ccc(CCNc2cccc(F)c2)cc1. The summed E-state index contributed by atoms with van der Waals surface area (Å²) in [5.41, 5.74) is 1.80. The van der Waals surface area contributed by atoms with Crippen LogP contribution in [0.5, 0.6) is 0 Å². The van der Waals surface area contributed by atoms with Crippen molar-refractivity contribution in [2.24, 2.45) is 0 Å². The molecule has 0 saturated carbocycles. The van der Waals surface area contributed by atoms with E-state index in [1.807, 2.05) is 0 Å². The Labute approximate surface area is 110 Å². The van der Waals surface area contributed by atoms with Crippen LogP contribution in [-0.4, -0.2) is 11.5 Å². The smallest absolute Gasteiger partial charge is 0.269 e. The highest BCUT2D eigenvalue weighted by atomic mass is 19.1. The molecule has 0 fully saturated rings. The van der Waals surface area contributed by atoms with Crippen molar-refractivity contribution < 1.29 is 9.31 Å². The van der Waals surface area contributed by atoms with Gasteiger partial charge in [0.25, 0.3) is 5.69 Å². The number of nitro benzene ring substituents is 1. The molecule has 0 aliphatic heterocycles. The summed E-state index contributed by atoms with van der Waals surface area (Å²) in [7, 11) is 0. The van der Waals surface area contributed by atoms with Crippen molar-refractivity contribution in [2.75, 3.05) is 11.9 Å². The van der Waals surface area contributed by atoms with Crippen LogP contribution in [0.1, 0.15) is 5.56 Å². The third-order valence-electron chi connectivity index (χ3n) is 2.71. The van der Waals surface area contributed by atoms with E-state index >= 15 is 0 Å². The van der Waals surface area contributed by atoms with E-state index in [4.69, 9.17) is 0 Å². The lowest BCUT2D eigenvalue weighted by Crippen LogP contribution is -2.04. The maximum Gasteiger partial charge on any atom is 0.269 e. The highest BCUT2D eigenvalue weighted by Crippen LogP contribution is 2.13. The van der Waals surface area contributed by atoms with Crippen LogP contribution in [0.25, 0.3) is 0 Å². The minimum absolute atomic E-state index is 0.0850. The first-order valence-electron chi connectivity index (χ1n) is 5.88. The third kappa shape index (κ3) is 3.77. The van der Waals surface area contributed by atoms with Gasteiger partial charge in [-0.05, 0) is 30.2 Å². The number of hydrogen-bond donors (Lipinski definition) is 1. The molecule has 0 atom stereocenters. The van der Waals surface area contributed by atoms with Crippen LogP contribution in [0.4, 0.5) is 15.8 Å². The van der Waals surface area contributed by atoms with Gasteiger partial charge < -0.3 is 5.32 Å². The molecule has 2 aromatic carbocycles. The highest BCUT2D eigenvalue weighted by Gasteiger charge is 2.03. The molecular weight excluding hydrogens is 247 g/mol. The van der Waals surface area contributed by atoms with Gasteiger partial charge in [0, 0.05) is 24.4 Å². The van der Waals surface area contributed by atoms with E-state index in [0.29, 0.717) is 13.0 Å².